The van der Waals surface area contributed by atoms with Gasteiger partial charge in [-0.2, -0.15) is 0 Å². The molecule has 0 atom stereocenters. The molecule has 1 amide bonds. The van der Waals surface area contributed by atoms with Gasteiger partial charge in [0.2, 0.25) is 11.0 Å². The number of rotatable bonds is 9. The smallest absolute Gasteiger partial charge is 0.246 e. The minimum Gasteiger partial charge on any atom is -0.486 e. The van der Waals surface area contributed by atoms with E-state index in [-0.39, 0.29) is 19.1 Å². The maximum atomic E-state index is 12.7. The second kappa shape index (κ2) is 9.49. The highest BCUT2D eigenvalue weighted by Gasteiger charge is 2.15. The quantitative estimate of drug-likeness (QED) is 0.432. The van der Waals surface area contributed by atoms with Gasteiger partial charge >= 0.3 is 0 Å². The number of ether oxygens (including phenoxy) is 1. The molecule has 4 aromatic rings. The first-order valence-corrected chi connectivity index (χ1v) is 10.8. The van der Waals surface area contributed by atoms with Gasteiger partial charge in [-0.1, -0.05) is 55.0 Å². The van der Waals surface area contributed by atoms with Gasteiger partial charge in [0.25, 0.3) is 0 Å². The van der Waals surface area contributed by atoms with Crippen molar-refractivity contribution in [1.82, 2.24) is 19.7 Å². The Morgan fingerprint density at radius 2 is 1.90 bits per heavy atom. The SMILES string of the molecule is CCCCc1nnc(NC(=O)Cn2c(COc3ccccc3)nc3ccccc32)s1. The number of carbonyl (C=O) groups is 1. The van der Waals surface area contributed by atoms with Crippen LogP contribution in [0.5, 0.6) is 5.75 Å². The van der Waals surface area contributed by atoms with Crippen molar-refractivity contribution in [3.63, 3.8) is 0 Å². The Bertz CT molecular complexity index is 1120. The number of unbranched alkanes of at least 4 members (excludes halogenated alkanes) is 1. The number of aromatic nitrogens is 4. The van der Waals surface area contributed by atoms with Gasteiger partial charge in [0.05, 0.1) is 11.0 Å². The van der Waals surface area contributed by atoms with E-state index in [1.807, 2.05) is 59.2 Å². The number of carbonyl (C=O) groups excluding carboxylic acids is 1. The van der Waals surface area contributed by atoms with Gasteiger partial charge in [0.15, 0.2) is 0 Å². The Morgan fingerprint density at radius 1 is 1.10 bits per heavy atom. The lowest BCUT2D eigenvalue weighted by Gasteiger charge is -2.10. The van der Waals surface area contributed by atoms with E-state index < -0.39 is 0 Å². The zero-order valence-electron chi connectivity index (χ0n) is 16.7. The molecule has 2 aromatic carbocycles. The van der Waals surface area contributed by atoms with Crippen molar-refractivity contribution in [3.8, 4) is 5.75 Å². The Hall–Kier alpha value is -3.26. The normalized spacial score (nSPS) is 11.0. The van der Waals surface area contributed by atoms with Crippen LogP contribution in [0.1, 0.15) is 30.6 Å². The number of para-hydroxylation sites is 3. The Labute approximate surface area is 178 Å². The maximum Gasteiger partial charge on any atom is 0.246 e. The van der Waals surface area contributed by atoms with E-state index in [9.17, 15) is 4.79 Å². The van der Waals surface area contributed by atoms with Gasteiger partial charge < -0.3 is 9.30 Å². The molecule has 0 bridgehead atoms. The lowest BCUT2D eigenvalue weighted by molar-refractivity contribution is -0.116. The van der Waals surface area contributed by atoms with E-state index in [1.165, 1.54) is 11.3 Å². The molecular weight excluding hydrogens is 398 g/mol. The van der Waals surface area contributed by atoms with Crippen LogP contribution >= 0.6 is 11.3 Å². The molecule has 30 heavy (non-hydrogen) atoms. The van der Waals surface area contributed by atoms with Crippen LogP contribution in [0.4, 0.5) is 5.13 Å². The third-order valence-corrected chi connectivity index (χ3v) is 5.50. The molecule has 8 heteroatoms. The number of hydrogen-bond donors (Lipinski definition) is 1. The van der Waals surface area contributed by atoms with E-state index in [0.717, 1.165) is 41.1 Å². The summed E-state index contributed by atoms with van der Waals surface area (Å²) in [4.78, 5) is 17.4. The van der Waals surface area contributed by atoms with E-state index >= 15 is 0 Å². The number of aryl methyl sites for hydroxylation is 1. The van der Waals surface area contributed by atoms with Gasteiger partial charge in [0, 0.05) is 6.42 Å². The molecule has 0 saturated heterocycles. The predicted octanol–water partition coefficient (Wildman–Crippen LogP) is 4.45. The van der Waals surface area contributed by atoms with Crippen molar-refractivity contribution in [1.29, 1.82) is 0 Å². The molecule has 4 rings (SSSR count). The maximum absolute atomic E-state index is 12.7. The topological polar surface area (TPSA) is 81.9 Å². The monoisotopic (exact) mass is 421 g/mol. The highest BCUT2D eigenvalue weighted by atomic mass is 32.1. The average Bonchev–Trinajstić information content (AvgIpc) is 3.36. The molecule has 0 unspecified atom stereocenters. The summed E-state index contributed by atoms with van der Waals surface area (Å²) in [5.41, 5.74) is 1.72. The van der Waals surface area contributed by atoms with Crippen molar-refractivity contribution in [2.75, 3.05) is 5.32 Å². The van der Waals surface area contributed by atoms with E-state index in [0.29, 0.717) is 11.0 Å². The minimum atomic E-state index is -0.169. The van der Waals surface area contributed by atoms with E-state index in [1.54, 1.807) is 0 Å². The van der Waals surface area contributed by atoms with Crippen LogP contribution in [-0.4, -0.2) is 25.7 Å². The largest absolute Gasteiger partial charge is 0.486 e. The number of hydrogen-bond acceptors (Lipinski definition) is 6. The summed E-state index contributed by atoms with van der Waals surface area (Å²) in [6, 6.07) is 17.3. The Kier molecular flexibility index (Phi) is 6.34. The van der Waals surface area contributed by atoms with Gasteiger partial charge in [-0.15, -0.1) is 10.2 Å². The lowest BCUT2D eigenvalue weighted by atomic mass is 10.3. The number of fused-ring (bicyclic) bond motifs is 1. The molecule has 1 N–H and O–H groups in total. The molecule has 7 nitrogen and oxygen atoms in total. The highest BCUT2D eigenvalue weighted by molar-refractivity contribution is 7.15. The van der Waals surface area contributed by atoms with Crippen LogP contribution < -0.4 is 10.1 Å². The fourth-order valence-electron chi connectivity index (χ4n) is 3.11. The Balaban J connectivity index is 1.49. The van der Waals surface area contributed by atoms with Crippen LogP contribution in [0.2, 0.25) is 0 Å². The third-order valence-electron chi connectivity index (χ3n) is 4.60. The number of nitrogens with one attached hydrogen (secondary N) is 1. The number of nitrogens with zero attached hydrogens (tertiary/aromatic N) is 4. The third kappa shape index (κ3) is 4.83. The standard InChI is InChI=1S/C22H23N5O2S/c1-2-3-13-21-25-26-22(30-21)24-20(28)14-27-18-12-8-7-11-17(18)23-19(27)15-29-16-9-5-4-6-10-16/h4-12H,2-3,13-15H2,1H3,(H,24,26,28). The molecule has 0 saturated carbocycles. The summed E-state index contributed by atoms with van der Waals surface area (Å²) in [5.74, 6) is 1.28. The summed E-state index contributed by atoms with van der Waals surface area (Å²) >= 11 is 1.43. The molecule has 0 spiro atoms. The van der Waals surface area contributed by atoms with E-state index in [2.05, 4.69) is 27.4 Å². The lowest BCUT2D eigenvalue weighted by Crippen LogP contribution is -2.20. The van der Waals surface area contributed by atoms with Crippen LogP contribution in [0.25, 0.3) is 11.0 Å². The van der Waals surface area contributed by atoms with Gasteiger partial charge in [-0.25, -0.2) is 4.98 Å². The van der Waals surface area contributed by atoms with Crippen LogP contribution in [-0.2, 0) is 24.4 Å². The first-order chi connectivity index (χ1) is 14.7. The van der Waals surface area contributed by atoms with E-state index in [4.69, 9.17) is 4.74 Å². The van der Waals surface area contributed by atoms with Gasteiger partial charge in [0.1, 0.15) is 29.7 Å². The number of imidazole rings is 1. The highest BCUT2D eigenvalue weighted by Crippen LogP contribution is 2.20. The number of amides is 1. The number of benzene rings is 2. The molecule has 0 aliphatic carbocycles. The summed E-state index contributed by atoms with van der Waals surface area (Å²) < 4.78 is 7.75. The molecule has 0 radical (unpaired) electrons. The molecular formula is C22H23N5O2S. The minimum absolute atomic E-state index is 0.123. The van der Waals surface area contributed by atoms with Crippen molar-refractivity contribution in [3.05, 3.63) is 65.4 Å². The molecule has 0 fully saturated rings. The van der Waals surface area contributed by atoms with Gasteiger partial charge in [-0.05, 0) is 30.7 Å². The summed E-state index contributed by atoms with van der Waals surface area (Å²) in [5, 5.41) is 12.6. The molecule has 2 aromatic heterocycles. The second-order valence-corrected chi connectivity index (χ2v) is 7.92. The van der Waals surface area contributed by atoms with Crippen LogP contribution in [0.3, 0.4) is 0 Å². The van der Waals surface area contributed by atoms with Crippen LogP contribution in [0, 0.1) is 0 Å². The zero-order valence-corrected chi connectivity index (χ0v) is 17.6. The molecule has 0 aliphatic rings. The first kappa shape index (κ1) is 20.0. The zero-order chi connectivity index (χ0) is 20.8. The summed E-state index contributed by atoms with van der Waals surface area (Å²) in [6.07, 6.45) is 3.05. The van der Waals surface area contributed by atoms with Crippen molar-refractivity contribution >= 4 is 33.4 Å². The second-order valence-electron chi connectivity index (χ2n) is 6.86. The fraction of sp³-hybridized carbons (Fsp3) is 0.273. The molecule has 0 aliphatic heterocycles. The number of anilines is 1. The Morgan fingerprint density at radius 3 is 2.73 bits per heavy atom. The summed E-state index contributed by atoms with van der Waals surface area (Å²) in [7, 11) is 0. The van der Waals surface area contributed by atoms with Gasteiger partial charge in [-0.3, -0.25) is 10.1 Å². The predicted molar refractivity (Wildman–Crippen MR) is 118 cm³/mol. The van der Waals surface area contributed by atoms with Crippen molar-refractivity contribution in [2.45, 2.75) is 39.3 Å². The van der Waals surface area contributed by atoms with Crippen molar-refractivity contribution in [2.24, 2.45) is 0 Å². The molecule has 154 valence electrons. The van der Waals surface area contributed by atoms with Crippen LogP contribution in [0.15, 0.2) is 54.6 Å². The average molecular weight is 422 g/mol. The first-order valence-electron chi connectivity index (χ1n) is 9.97. The summed E-state index contributed by atoms with van der Waals surface area (Å²) in [6.45, 7) is 2.53. The van der Waals surface area contributed by atoms with Crippen molar-refractivity contribution < 1.29 is 9.53 Å². The molecule has 2 heterocycles. The fourth-order valence-corrected chi connectivity index (χ4v) is 3.91.